The van der Waals surface area contributed by atoms with Gasteiger partial charge in [0.2, 0.25) is 0 Å². The fourth-order valence-corrected chi connectivity index (χ4v) is 3.42. The normalized spacial score (nSPS) is 16.0. The molecule has 1 fully saturated rings. The lowest BCUT2D eigenvalue weighted by molar-refractivity contribution is 0.1000. The topological polar surface area (TPSA) is 78.8 Å². The van der Waals surface area contributed by atoms with Crippen LogP contribution in [0.5, 0.6) is 0 Å². The van der Waals surface area contributed by atoms with Crippen LogP contribution in [0.2, 0.25) is 0 Å². The van der Waals surface area contributed by atoms with Crippen molar-refractivity contribution in [3.05, 3.63) is 39.9 Å². The van der Waals surface area contributed by atoms with Crippen molar-refractivity contribution in [3.63, 3.8) is 0 Å². The molecule has 0 spiro atoms. The van der Waals surface area contributed by atoms with Gasteiger partial charge in [-0.05, 0) is 31.0 Å². The first-order valence-electron chi connectivity index (χ1n) is 6.88. The van der Waals surface area contributed by atoms with E-state index in [9.17, 15) is 4.79 Å². The summed E-state index contributed by atoms with van der Waals surface area (Å²) in [7, 11) is 0. The second-order valence-electron chi connectivity index (χ2n) is 4.98. The van der Waals surface area contributed by atoms with E-state index in [0.29, 0.717) is 33.3 Å². The molecule has 0 radical (unpaired) electrons. The number of nitriles is 1. The highest BCUT2D eigenvalue weighted by Crippen LogP contribution is 2.24. The highest BCUT2D eigenvalue weighted by molar-refractivity contribution is 7.99. The number of nitrogens with one attached hydrogen (secondary N) is 1. The maximum atomic E-state index is 12.0. The van der Waals surface area contributed by atoms with Crippen LogP contribution < -0.4 is 5.56 Å². The van der Waals surface area contributed by atoms with Crippen molar-refractivity contribution in [2.75, 3.05) is 13.2 Å². The summed E-state index contributed by atoms with van der Waals surface area (Å²) in [6.07, 6.45) is 2.09. The lowest BCUT2D eigenvalue weighted by Gasteiger charge is -2.21. The number of aromatic amines is 1. The van der Waals surface area contributed by atoms with Crippen LogP contribution in [0.25, 0.3) is 10.9 Å². The third-order valence-corrected chi connectivity index (χ3v) is 4.89. The monoisotopic (exact) mass is 301 g/mol. The highest BCUT2D eigenvalue weighted by atomic mass is 32.2. The zero-order chi connectivity index (χ0) is 14.7. The van der Waals surface area contributed by atoms with E-state index in [1.807, 2.05) is 0 Å². The Morgan fingerprint density at radius 3 is 3.00 bits per heavy atom. The Morgan fingerprint density at radius 1 is 1.43 bits per heavy atom. The van der Waals surface area contributed by atoms with Crippen LogP contribution in [-0.2, 0) is 10.5 Å². The van der Waals surface area contributed by atoms with Gasteiger partial charge in [-0.15, -0.1) is 0 Å². The molecule has 2 aromatic rings. The van der Waals surface area contributed by atoms with E-state index in [2.05, 4.69) is 16.0 Å². The molecule has 2 heterocycles. The molecule has 21 heavy (non-hydrogen) atoms. The fraction of sp³-hybridized carbons (Fsp3) is 0.400. The number of thioether (sulfide) groups is 1. The minimum atomic E-state index is -0.146. The Balaban J connectivity index is 1.82. The van der Waals surface area contributed by atoms with Crippen molar-refractivity contribution in [1.82, 2.24) is 9.97 Å². The average molecular weight is 301 g/mol. The second kappa shape index (κ2) is 6.29. The summed E-state index contributed by atoms with van der Waals surface area (Å²) in [4.78, 5) is 19.3. The summed E-state index contributed by atoms with van der Waals surface area (Å²) >= 11 is 1.80. The molecule has 6 heteroatoms. The summed E-state index contributed by atoms with van der Waals surface area (Å²) in [6, 6.07) is 7.01. The molecule has 108 valence electrons. The molecular formula is C15H15N3O2S. The SMILES string of the molecule is N#Cc1ccc2c(=O)[nH]c(CSC3CCOCC3)nc2c1. The molecule has 0 bridgehead atoms. The molecule has 1 saturated heterocycles. The number of hydrogen-bond acceptors (Lipinski definition) is 5. The van der Waals surface area contributed by atoms with E-state index in [1.165, 1.54) is 0 Å². The number of benzene rings is 1. The second-order valence-corrected chi connectivity index (χ2v) is 6.27. The van der Waals surface area contributed by atoms with Gasteiger partial charge in [-0.2, -0.15) is 17.0 Å². The van der Waals surface area contributed by atoms with Crippen LogP contribution in [0.3, 0.4) is 0 Å². The zero-order valence-corrected chi connectivity index (χ0v) is 12.3. The van der Waals surface area contributed by atoms with Crippen LogP contribution in [0, 0.1) is 11.3 Å². The molecule has 0 atom stereocenters. The van der Waals surface area contributed by atoms with Crippen molar-refractivity contribution in [2.24, 2.45) is 0 Å². The Labute approximate surface area is 126 Å². The molecule has 1 aliphatic rings. The van der Waals surface area contributed by atoms with Gasteiger partial charge in [-0.1, -0.05) is 0 Å². The third-order valence-electron chi connectivity index (χ3n) is 3.51. The average Bonchev–Trinajstić information content (AvgIpc) is 2.53. The molecule has 0 unspecified atom stereocenters. The number of nitrogens with zero attached hydrogens (tertiary/aromatic N) is 2. The predicted octanol–water partition coefficient (Wildman–Crippen LogP) is 2.21. The Hall–Kier alpha value is -1.84. The van der Waals surface area contributed by atoms with Gasteiger partial charge in [-0.25, -0.2) is 4.98 Å². The summed E-state index contributed by atoms with van der Waals surface area (Å²) in [5.74, 6) is 1.34. The van der Waals surface area contributed by atoms with Crippen LogP contribution in [-0.4, -0.2) is 28.4 Å². The number of ether oxygens (including phenoxy) is 1. The quantitative estimate of drug-likeness (QED) is 0.940. The van der Waals surface area contributed by atoms with Gasteiger partial charge >= 0.3 is 0 Å². The number of hydrogen-bond donors (Lipinski definition) is 1. The van der Waals surface area contributed by atoms with Gasteiger partial charge in [0.1, 0.15) is 5.82 Å². The third kappa shape index (κ3) is 3.26. The van der Waals surface area contributed by atoms with E-state index in [1.54, 1.807) is 30.0 Å². The Kier molecular flexibility index (Phi) is 4.23. The Morgan fingerprint density at radius 2 is 2.24 bits per heavy atom. The first kappa shape index (κ1) is 14.1. The minimum Gasteiger partial charge on any atom is -0.381 e. The standard InChI is InChI=1S/C15H15N3O2S/c16-8-10-1-2-12-13(7-10)17-14(18-15(12)19)9-21-11-3-5-20-6-4-11/h1-2,7,11H,3-6,9H2,(H,17,18,19). The zero-order valence-electron chi connectivity index (χ0n) is 11.5. The van der Waals surface area contributed by atoms with Crippen LogP contribution >= 0.6 is 11.8 Å². The maximum absolute atomic E-state index is 12.0. The molecule has 3 rings (SSSR count). The molecule has 0 aliphatic carbocycles. The molecule has 5 nitrogen and oxygen atoms in total. The molecule has 0 amide bonds. The fourth-order valence-electron chi connectivity index (χ4n) is 2.37. The van der Waals surface area contributed by atoms with E-state index in [0.717, 1.165) is 26.1 Å². The minimum absolute atomic E-state index is 0.146. The molecule has 1 aliphatic heterocycles. The molecular weight excluding hydrogens is 286 g/mol. The maximum Gasteiger partial charge on any atom is 0.258 e. The summed E-state index contributed by atoms with van der Waals surface area (Å²) in [6.45, 7) is 1.62. The Bertz CT molecular complexity index is 745. The number of H-pyrrole nitrogens is 1. The van der Waals surface area contributed by atoms with Crippen molar-refractivity contribution in [2.45, 2.75) is 23.8 Å². The predicted molar refractivity (Wildman–Crippen MR) is 82.2 cm³/mol. The molecule has 1 aromatic carbocycles. The van der Waals surface area contributed by atoms with E-state index < -0.39 is 0 Å². The van der Waals surface area contributed by atoms with Crippen LogP contribution in [0.1, 0.15) is 24.2 Å². The van der Waals surface area contributed by atoms with Gasteiger partial charge in [0, 0.05) is 18.5 Å². The first-order valence-corrected chi connectivity index (χ1v) is 7.93. The number of rotatable bonds is 3. The number of aromatic nitrogens is 2. The lowest BCUT2D eigenvalue weighted by atomic mass is 10.2. The first-order chi connectivity index (χ1) is 10.3. The summed E-state index contributed by atoms with van der Waals surface area (Å²) in [5, 5.41) is 10.0. The van der Waals surface area contributed by atoms with E-state index in [4.69, 9.17) is 10.00 Å². The van der Waals surface area contributed by atoms with Gasteiger partial charge in [0.25, 0.3) is 5.56 Å². The van der Waals surface area contributed by atoms with Crippen molar-refractivity contribution >= 4 is 22.7 Å². The molecule has 1 N–H and O–H groups in total. The van der Waals surface area contributed by atoms with Crippen LogP contribution in [0.15, 0.2) is 23.0 Å². The van der Waals surface area contributed by atoms with Crippen LogP contribution in [0.4, 0.5) is 0 Å². The lowest BCUT2D eigenvalue weighted by Crippen LogP contribution is -2.18. The molecule has 0 saturated carbocycles. The van der Waals surface area contributed by atoms with E-state index in [-0.39, 0.29) is 5.56 Å². The molecule has 1 aromatic heterocycles. The van der Waals surface area contributed by atoms with E-state index >= 15 is 0 Å². The summed E-state index contributed by atoms with van der Waals surface area (Å²) < 4.78 is 5.34. The van der Waals surface area contributed by atoms with Crippen molar-refractivity contribution in [3.8, 4) is 6.07 Å². The largest absolute Gasteiger partial charge is 0.381 e. The number of fused-ring (bicyclic) bond motifs is 1. The highest BCUT2D eigenvalue weighted by Gasteiger charge is 2.15. The summed E-state index contributed by atoms with van der Waals surface area (Å²) in [5.41, 5.74) is 0.955. The van der Waals surface area contributed by atoms with Crippen molar-refractivity contribution < 1.29 is 4.74 Å². The van der Waals surface area contributed by atoms with Gasteiger partial charge in [0.05, 0.1) is 28.3 Å². The van der Waals surface area contributed by atoms with Gasteiger partial charge in [-0.3, -0.25) is 4.79 Å². The smallest absolute Gasteiger partial charge is 0.258 e. The van der Waals surface area contributed by atoms with Crippen molar-refractivity contribution in [1.29, 1.82) is 5.26 Å². The van der Waals surface area contributed by atoms with Gasteiger partial charge in [0.15, 0.2) is 0 Å². The van der Waals surface area contributed by atoms with Gasteiger partial charge < -0.3 is 9.72 Å².